The SMILES string of the molecule is CCOc1cc(F)ccc1NC(C)C1CC1. The molecule has 0 radical (unpaired) electrons. The molecule has 1 N–H and O–H groups in total. The fourth-order valence-electron chi connectivity index (χ4n) is 1.85. The summed E-state index contributed by atoms with van der Waals surface area (Å²) in [6, 6.07) is 5.08. The lowest BCUT2D eigenvalue weighted by atomic mass is 10.2. The van der Waals surface area contributed by atoms with Crippen molar-refractivity contribution in [2.45, 2.75) is 32.7 Å². The summed E-state index contributed by atoms with van der Waals surface area (Å²) < 4.78 is 18.5. The number of ether oxygens (including phenoxy) is 1. The highest BCUT2D eigenvalue weighted by molar-refractivity contribution is 5.57. The smallest absolute Gasteiger partial charge is 0.145 e. The van der Waals surface area contributed by atoms with Crippen molar-refractivity contribution in [1.29, 1.82) is 0 Å². The maximum absolute atomic E-state index is 13.1. The molecule has 0 aliphatic heterocycles. The van der Waals surface area contributed by atoms with Crippen LogP contribution in [-0.2, 0) is 0 Å². The van der Waals surface area contributed by atoms with Crippen molar-refractivity contribution in [1.82, 2.24) is 0 Å². The number of rotatable bonds is 5. The van der Waals surface area contributed by atoms with Gasteiger partial charge in [-0.3, -0.25) is 0 Å². The lowest BCUT2D eigenvalue weighted by Gasteiger charge is -2.17. The van der Waals surface area contributed by atoms with Crippen LogP contribution in [0.3, 0.4) is 0 Å². The molecule has 1 aliphatic rings. The molecule has 0 amide bonds. The van der Waals surface area contributed by atoms with Gasteiger partial charge in [0.2, 0.25) is 0 Å². The van der Waals surface area contributed by atoms with E-state index in [4.69, 9.17) is 4.74 Å². The molecular formula is C13H18FNO. The van der Waals surface area contributed by atoms with Crippen LogP contribution in [0, 0.1) is 11.7 Å². The van der Waals surface area contributed by atoms with Gasteiger partial charge in [-0.1, -0.05) is 0 Å². The molecular weight excluding hydrogens is 205 g/mol. The lowest BCUT2D eigenvalue weighted by Crippen LogP contribution is -2.17. The molecule has 1 atom stereocenters. The van der Waals surface area contributed by atoms with Crippen molar-refractivity contribution in [3.05, 3.63) is 24.0 Å². The number of nitrogens with one attached hydrogen (secondary N) is 1. The minimum absolute atomic E-state index is 0.256. The molecule has 0 spiro atoms. The van der Waals surface area contributed by atoms with E-state index in [-0.39, 0.29) is 5.82 Å². The van der Waals surface area contributed by atoms with Crippen LogP contribution < -0.4 is 10.1 Å². The molecule has 1 aliphatic carbocycles. The van der Waals surface area contributed by atoms with Gasteiger partial charge in [0.05, 0.1) is 12.3 Å². The second kappa shape index (κ2) is 4.73. The van der Waals surface area contributed by atoms with E-state index < -0.39 is 0 Å². The van der Waals surface area contributed by atoms with Crippen LogP contribution in [-0.4, -0.2) is 12.6 Å². The van der Waals surface area contributed by atoms with Gasteiger partial charge in [0.25, 0.3) is 0 Å². The molecule has 1 saturated carbocycles. The maximum Gasteiger partial charge on any atom is 0.145 e. The van der Waals surface area contributed by atoms with Crippen molar-refractivity contribution in [3.8, 4) is 5.75 Å². The Hall–Kier alpha value is -1.25. The molecule has 0 heterocycles. The third-order valence-electron chi connectivity index (χ3n) is 2.96. The predicted octanol–water partition coefficient (Wildman–Crippen LogP) is 3.43. The first-order chi connectivity index (χ1) is 7.70. The number of hydrogen-bond acceptors (Lipinski definition) is 2. The predicted molar refractivity (Wildman–Crippen MR) is 63.4 cm³/mol. The van der Waals surface area contributed by atoms with Crippen LogP contribution in [0.4, 0.5) is 10.1 Å². The Bertz CT molecular complexity index is 363. The van der Waals surface area contributed by atoms with Crippen molar-refractivity contribution >= 4 is 5.69 Å². The molecule has 2 rings (SSSR count). The third-order valence-corrected chi connectivity index (χ3v) is 2.96. The minimum Gasteiger partial charge on any atom is -0.492 e. The minimum atomic E-state index is -0.256. The zero-order chi connectivity index (χ0) is 11.5. The van der Waals surface area contributed by atoms with Crippen LogP contribution in [0.2, 0.25) is 0 Å². The maximum atomic E-state index is 13.1. The molecule has 1 unspecified atom stereocenters. The number of benzene rings is 1. The molecule has 16 heavy (non-hydrogen) atoms. The van der Waals surface area contributed by atoms with Gasteiger partial charge in [-0.2, -0.15) is 0 Å². The quantitative estimate of drug-likeness (QED) is 0.825. The van der Waals surface area contributed by atoms with Crippen molar-refractivity contribution in [2.75, 3.05) is 11.9 Å². The van der Waals surface area contributed by atoms with Crippen LogP contribution in [0.15, 0.2) is 18.2 Å². The largest absolute Gasteiger partial charge is 0.492 e. The summed E-state index contributed by atoms with van der Waals surface area (Å²) in [5, 5.41) is 3.39. The lowest BCUT2D eigenvalue weighted by molar-refractivity contribution is 0.339. The van der Waals surface area contributed by atoms with E-state index in [1.54, 1.807) is 6.07 Å². The van der Waals surface area contributed by atoms with Gasteiger partial charge >= 0.3 is 0 Å². The van der Waals surface area contributed by atoms with E-state index in [1.807, 2.05) is 6.92 Å². The topological polar surface area (TPSA) is 21.3 Å². The second-order valence-corrected chi connectivity index (χ2v) is 4.34. The van der Waals surface area contributed by atoms with Gasteiger partial charge in [0.1, 0.15) is 11.6 Å². The van der Waals surface area contributed by atoms with Crippen molar-refractivity contribution in [2.24, 2.45) is 5.92 Å². The molecule has 0 saturated heterocycles. The highest BCUT2D eigenvalue weighted by atomic mass is 19.1. The Balaban J connectivity index is 2.11. The van der Waals surface area contributed by atoms with Crippen LogP contribution >= 0.6 is 0 Å². The van der Waals surface area contributed by atoms with Gasteiger partial charge in [-0.05, 0) is 44.7 Å². The first-order valence-electron chi connectivity index (χ1n) is 5.89. The normalized spacial score (nSPS) is 16.9. The standard InChI is InChI=1S/C13H18FNO/c1-3-16-13-8-11(14)6-7-12(13)15-9(2)10-4-5-10/h6-10,15H,3-5H2,1-2H3. The Kier molecular flexibility index (Phi) is 3.32. The highest BCUT2D eigenvalue weighted by Crippen LogP contribution is 2.35. The van der Waals surface area contributed by atoms with Crippen LogP contribution in [0.5, 0.6) is 5.75 Å². The first-order valence-corrected chi connectivity index (χ1v) is 5.89. The second-order valence-electron chi connectivity index (χ2n) is 4.34. The number of anilines is 1. The summed E-state index contributed by atoms with van der Waals surface area (Å²) in [7, 11) is 0. The Labute approximate surface area is 95.8 Å². The number of halogens is 1. The monoisotopic (exact) mass is 223 g/mol. The molecule has 1 aromatic carbocycles. The fourth-order valence-corrected chi connectivity index (χ4v) is 1.85. The van der Waals surface area contributed by atoms with Gasteiger partial charge < -0.3 is 10.1 Å². The van der Waals surface area contributed by atoms with Crippen LogP contribution in [0.25, 0.3) is 0 Å². The van der Waals surface area contributed by atoms with E-state index in [0.717, 1.165) is 11.6 Å². The Morgan fingerprint density at radius 1 is 1.50 bits per heavy atom. The zero-order valence-corrected chi connectivity index (χ0v) is 9.79. The molecule has 0 aromatic heterocycles. The van der Waals surface area contributed by atoms with E-state index in [0.29, 0.717) is 18.4 Å². The highest BCUT2D eigenvalue weighted by Gasteiger charge is 2.28. The van der Waals surface area contributed by atoms with E-state index in [9.17, 15) is 4.39 Å². The Morgan fingerprint density at radius 3 is 2.88 bits per heavy atom. The summed E-state index contributed by atoms with van der Waals surface area (Å²) in [4.78, 5) is 0. The van der Waals surface area contributed by atoms with Crippen molar-refractivity contribution in [3.63, 3.8) is 0 Å². The average Bonchev–Trinajstić information content (AvgIpc) is 3.06. The van der Waals surface area contributed by atoms with Crippen molar-refractivity contribution < 1.29 is 9.13 Å². The summed E-state index contributed by atoms with van der Waals surface area (Å²) in [5.41, 5.74) is 0.891. The molecule has 0 bridgehead atoms. The van der Waals surface area contributed by atoms with Gasteiger partial charge in [0.15, 0.2) is 0 Å². The summed E-state index contributed by atoms with van der Waals surface area (Å²) in [6.45, 7) is 4.62. The number of hydrogen-bond donors (Lipinski definition) is 1. The Morgan fingerprint density at radius 2 is 2.25 bits per heavy atom. The van der Waals surface area contributed by atoms with E-state index in [1.165, 1.54) is 25.0 Å². The molecule has 1 fully saturated rings. The summed E-state index contributed by atoms with van der Waals surface area (Å²) >= 11 is 0. The zero-order valence-electron chi connectivity index (χ0n) is 9.79. The van der Waals surface area contributed by atoms with E-state index in [2.05, 4.69) is 12.2 Å². The summed E-state index contributed by atoms with van der Waals surface area (Å²) in [5.74, 6) is 1.11. The fraction of sp³-hybridized carbons (Fsp3) is 0.538. The molecule has 2 nitrogen and oxygen atoms in total. The van der Waals surface area contributed by atoms with Crippen LogP contribution in [0.1, 0.15) is 26.7 Å². The van der Waals surface area contributed by atoms with Gasteiger partial charge in [0, 0.05) is 12.1 Å². The summed E-state index contributed by atoms with van der Waals surface area (Å²) in [6.07, 6.45) is 2.58. The third kappa shape index (κ3) is 2.65. The first kappa shape index (κ1) is 11.2. The van der Waals surface area contributed by atoms with Gasteiger partial charge in [-0.25, -0.2) is 4.39 Å². The molecule has 1 aromatic rings. The molecule has 3 heteroatoms. The van der Waals surface area contributed by atoms with Gasteiger partial charge in [-0.15, -0.1) is 0 Å². The molecule has 88 valence electrons. The van der Waals surface area contributed by atoms with E-state index >= 15 is 0 Å². The average molecular weight is 223 g/mol.